The molecule has 0 saturated heterocycles. The normalized spacial score (nSPS) is 13.4. The van der Waals surface area contributed by atoms with E-state index in [1.165, 1.54) is 25.7 Å². The minimum Gasteiger partial charge on any atom is -0.393 e. The van der Waals surface area contributed by atoms with E-state index >= 15 is 0 Å². The zero-order valence-electron chi connectivity index (χ0n) is 10.8. The van der Waals surface area contributed by atoms with Gasteiger partial charge < -0.3 is 10.4 Å². The molecular formula is C13H29NO. The Balaban J connectivity index is 3.43. The van der Waals surface area contributed by atoms with Crippen molar-refractivity contribution in [1.82, 2.24) is 5.32 Å². The van der Waals surface area contributed by atoms with Gasteiger partial charge in [0, 0.05) is 6.04 Å². The second-order valence-corrected chi connectivity index (χ2v) is 4.43. The third-order valence-corrected chi connectivity index (χ3v) is 2.89. The molecule has 0 saturated carbocycles. The van der Waals surface area contributed by atoms with Crippen molar-refractivity contribution >= 4 is 0 Å². The Morgan fingerprint density at radius 3 is 2.07 bits per heavy atom. The second kappa shape index (κ2) is 10.4. The Morgan fingerprint density at radius 1 is 1.00 bits per heavy atom. The average molecular weight is 215 g/mol. The standard InChI is InChI=1S/C13H29NO/c1-4-8-12(9-5-2)14-11-7-10-13(15)6-3/h12-15H,4-11H2,1-3H3. The Kier molecular flexibility index (Phi) is 10.4. The van der Waals surface area contributed by atoms with Crippen molar-refractivity contribution in [3.8, 4) is 0 Å². The fraction of sp³-hybridized carbons (Fsp3) is 1.00. The van der Waals surface area contributed by atoms with E-state index in [-0.39, 0.29) is 6.10 Å². The summed E-state index contributed by atoms with van der Waals surface area (Å²) in [5.41, 5.74) is 0. The first-order valence-electron chi connectivity index (χ1n) is 6.65. The number of hydrogen-bond acceptors (Lipinski definition) is 2. The van der Waals surface area contributed by atoms with Crippen molar-refractivity contribution in [2.75, 3.05) is 6.54 Å². The summed E-state index contributed by atoms with van der Waals surface area (Å²) in [5, 5.41) is 13.0. The van der Waals surface area contributed by atoms with Gasteiger partial charge in [-0.15, -0.1) is 0 Å². The maximum absolute atomic E-state index is 9.40. The molecule has 0 radical (unpaired) electrons. The van der Waals surface area contributed by atoms with Gasteiger partial charge in [-0.05, 0) is 38.6 Å². The maximum atomic E-state index is 9.40. The van der Waals surface area contributed by atoms with Crippen LogP contribution in [0.25, 0.3) is 0 Å². The molecule has 2 nitrogen and oxygen atoms in total. The molecule has 0 bridgehead atoms. The van der Waals surface area contributed by atoms with Gasteiger partial charge in [0.2, 0.25) is 0 Å². The maximum Gasteiger partial charge on any atom is 0.0538 e. The van der Waals surface area contributed by atoms with E-state index < -0.39 is 0 Å². The van der Waals surface area contributed by atoms with Gasteiger partial charge in [-0.25, -0.2) is 0 Å². The summed E-state index contributed by atoms with van der Waals surface area (Å²) in [6.07, 6.45) is 7.90. The van der Waals surface area contributed by atoms with Crippen molar-refractivity contribution in [3.63, 3.8) is 0 Å². The molecule has 0 amide bonds. The molecule has 2 heteroatoms. The molecule has 0 aromatic carbocycles. The number of aliphatic hydroxyl groups is 1. The van der Waals surface area contributed by atoms with Crippen molar-refractivity contribution in [3.05, 3.63) is 0 Å². The van der Waals surface area contributed by atoms with E-state index in [2.05, 4.69) is 19.2 Å². The predicted octanol–water partition coefficient (Wildman–Crippen LogP) is 3.10. The summed E-state index contributed by atoms with van der Waals surface area (Å²) < 4.78 is 0. The fourth-order valence-electron chi connectivity index (χ4n) is 1.89. The minimum absolute atomic E-state index is 0.0948. The van der Waals surface area contributed by atoms with Gasteiger partial charge >= 0.3 is 0 Å². The lowest BCUT2D eigenvalue weighted by molar-refractivity contribution is 0.157. The third-order valence-electron chi connectivity index (χ3n) is 2.89. The molecule has 0 spiro atoms. The highest BCUT2D eigenvalue weighted by Crippen LogP contribution is 2.05. The lowest BCUT2D eigenvalue weighted by atomic mass is 10.1. The first kappa shape index (κ1) is 14.9. The molecule has 0 rings (SSSR count). The van der Waals surface area contributed by atoms with Crippen molar-refractivity contribution in [2.24, 2.45) is 0 Å². The van der Waals surface area contributed by atoms with Crippen LogP contribution in [0.15, 0.2) is 0 Å². The summed E-state index contributed by atoms with van der Waals surface area (Å²) in [6.45, 7) is 7.58. The second-order valence-electron chi connectivity index (χ2n) is 4.43. The zero-order chi connectivity index (χ0) is 11.5. The molecule has 0 aromatic rings. The number of rotatable bonds is 10. The van der Waals surface area contributed by atoms with Crippen LogP contribution in [0, 0.1) is 0 Å². The van der Waals surface area contributed by atoms with Crippen LogP contribution in [0.3, 0.4) is 0 Å². The van der Waals surface area contributed by atoms with Crippen LogP contribution in [0.2, 0.25) is 0 Å². The molecule has 92 valence electrons. The molecule has 15 heavy (non-hydrogen) atoms. The smallest absolute Gasteiger partial charge is 0.0538 e. The third kappa shape index (κ3) is 8.88. The van der Waals surface area contributed by atoms with Crippen LogP contribution in [0.1, 0.15) is 65.7 Å². The van der Waals surface area contributed by atoms with Gasteiger partial charge in [0.15, 0.2) is 0 Å². The highest BCUT2D eigenvalue weighted by molar-refractivity contribution is 4.66. The predicted molar refractivity (Wildman–Crippen MR) is 67.1 cm³/mol. The van der Waals surface area contributed by atoms with E-state index in [1.54, 1.807) is 0 Å². The molecule has 0 fully saturated rings. The summed E-state index contributed by atoms with van der Waals surface area (Å²) in [5.74, 6) is 0. The van der Waals surface area contributed by atoms with Crippen LogP contribution in [-0.4, -0.2) is 23.8 Å². The molecule has 0 aromatic heterocycles. The lowest BCUT2D eigenvalue weighted by Gasteiger charge is -2.17. The van der Waals surface area contributed by atoms with E-state index in [1.807, 2.05) is 6.92 Å². The highest BCUT2D eigenvalue weighted by atomic mass is 16.3. The van der Waals surface area contributed by atoms with Crippen molar-refractivity contribution in [1.29, 1.82) is 0 Å². The molecule has 0 heterocycles. The van der Waals surface area contributed by atoms with Gasteiger partial charge in [0.05, 0.1) is 6.10 Å². The first-order valence-corrected chi connectivity index (χ1v) is 6.65. The van der Waals surface area contributed by atoms with Gasteiger partial charge in [0.25, 0.3) is 0 Å². The fourth-order valence-corrected chi connectivity index (χ4v) is 1.89. The molecule has 0 aliphatic rings. The van der Waals surface area contributed by atoms with Crippen LogP contribution < -0.4 is 5.32 Å². The van der Waals surface area contributed by atoms with Crippen molar-refractivity contribution in [2.45, 2.75) is 77.9 Å². The summed E-state index contributed by atoms with van der Waals surface area (Å²) in [7, 11) is 0. The monoisotopic (exact) mass is 215 g/mol. The van der Waals surface area contributed by atoms with Crippen LogP contribution in [0.4, 0.5) is 0 Å². The van der Waals surface area contributed by atoms with E-state index in [0.717, 1.165) is 25.8 Å². The Morgan fingerprint density at radius 2 is 1.60 bits per heavy atom. The quantitative estimate of drug-likeness (QED) is 0.549. The molecule has 1 unspecified atom stereocenters. The minimum atomic E-state index is -0.0948. The van der Waals surface area contributed by atoms with E-state index in [9.17, 15) is 5.11 Å². The number of aliphatic hydroxyl groups excluding tert-OH is 1. The van der Waals surface area contributed by atoms with Gasteiger partial charge in [-0.1, -0.05) is 33.6 Å². The molecule has 0 aliphatic carbocycles. The Labute approximate surface area is 95.5 Å². The summed E-state index contributed by atoms with van der Waals surface area (Å²) in [4.78, 5) is 0. The average Bonchev–Trinajstić information content (AvgIpc) is 2.24. The molecule has 1 atom stereocenters. The number of hydrogen-bond donors (Lipinski definition) is 2. The lowest BCUT2D eigenvalue weighted by Crippen LogP contribution is -2.30. The van der Waals surface area contributed by atoms with Gasteiger partial charge in [0.1, 0.15) is 0 Å². The zero-order valence-corrected chi connectivity index (χ0v) is 10.8. The van der Waals surface area contributed by atoms with Crippen LogP contribution >= 0.6 is 0 Å². The molecule has 2 N–H and O–H groups in total. The van der Waals surface area contributed by atoms with Crippen LogP contribution in [0.5, 0.6) is 0 Å². The van der Waals surface area contributed by atoms with Crippen LogP contribution in [-0.2, 0) is 0 Å². The summed E-state index contributed by atoms with van der Waals surface area (Å²) in [6, 6.07) is 0.693. The summed E-state index contributed by atoms with van der Waals surface area (Å²) >= 11 is 0. The van der Waals surface area contributed by atoms with Gasteiger partial charge in [-0.3, -0.25) is 0 Å². The van der Waals surface area contributed by atoms with Crippen molar-refractivity contribution < 1.29 is 5.11 Å². The number of nitrogens with one attached hydrogen (secondary N) is 1. The largest absolute Gasteiger partial charge is 0.393 e. The highest BCUT2D eigenvalue weighted by Gasteiger charge is 2.05. The van der Waals surface area contributed by atoms with E-state index in [0.29, 0.717) is 6.04 Å². The van der Waals surface area contributed by atoms with E-state index in [4.69, 9.17) is 0 Å². The molecule has 0 aliphatic heterocycles. The molecular weight excluding hydrogens is 186 g/mol. The SMILES string of the molecule is CCCC(CCC)NCCCC(O)CC. The topological polar surface area (TPSA) is 32.3 Å². The first-order chi connectivity index (χ1) is 7.24. The van der Waals surface area contributed by atoms with Gasteiger partial charge in [-0.2, -0.15) is 0 Å². The Hall–Kier alpha value is -0.0800. The Bertz CT molecular complexity index is 122.